The SMILES string of the molecule is CCOCCN(C)C(=O)CC(C)(C)N. The molecule has 0 aromatic rings. The van der Waals surface area contributed by atoms with Crippen LogP contribution in [-0.4, -0.2) is 43.2 Å². The van der Waals surface area contributed by atoms with Gasteiger partial charge in [-0.2, -0.15) is 0 Å². The first-order chi connectivity index (χ1) is 6.37. The Hall–Kier alpha value is -0.610. The molecule has 0 rings (SSSR count). The summed E-state index contributed by atoms with van der Waals surface area (Å²) in [4.78, 5) is 13.2. The van der Waals surface area contributed by atoms with E-state index in [-0.39, 0.29) is 5.91 Å². The van der Waals surface area contributed by atoms with E-state index in [1.54, 1.807) is 11.9 Å². The monoisotopic (exact) mass is 202 g/mol. The lowest BCUT2D eigenvalue weighted by atomic mass is 10.0. The van der Waals surface area contributed by atoms with E-state index in [0.29, 0.717) is 26.2 Å². The minimum absolute atomic E-state index is 0.0669. The van der Waals surface area contributed by atoms with Gasteiger partial charge in [0.2, 0.25) is 5.91 Å². The number of nitrogens with two attached hydrogens (primary N) is 1. The number of hydrogen-bond acceptors (Lipinski definition) is 3. The van der Waals surface area contributed by atoms with Gasteiger partial charge in [-0.3, -0.25) is 4.79 Å². The highest BCUT2D eigenvalue weighted by Gasteiger charge is 2.18. The Balaban J connectivity index is 3.77. The van der Waals surface area contributed by atoms with Gasteiger partial charge < -0.3 is 15.4 Å². The Labute approximate surface area is 86.4 Å². The molecule has 0 atom stereocenters. The number of rotatable bonds is 6. The van der Waals surface area contributed by atoms with Crippen LogP contribution in [0.25, 0.3) is 0 Å². The number of carbonyl (C=O) groups excluding carboxylic acids is 1. The van der Waals surface area contributed by atoms with Gasteiger partial charge in [-0.05, 0) is 20.8 Å². The molecule has 0 aliphatic carbocycles. The number of hydrogen-bond donors (Lipinski definition) is 1. The van der Waals surface area contributed by atoms with Crippen LogP contribution in [-0.2, 0) is 9.53 Å². The van der Waals surface area contributed by atoms with Gasteiger partial charge in [-0.1, -0.05) is 0 Å². The first kappa shape index (κ1) is 13.4. The van der Waals surface area contributed by atoms with Crippen molar-refractivity contribution in [2.45, 2.75) is 32.7 Å². The molecule has 0 unspecified atom stereocenters. The lowest BCUT2D eigenvalue weighted by Gasteiger charge is -2.23. The van der Waals surface area contributed by atoms with E-state index in [0.717, 1.165) is 0 Å². The summed E-state index contributed by atoms with van der Waals surface area (Å²) in [6.07, 6.45) is 0.371. The van der Waals surface area contributed by atoms with Crippen molar-refractivity contribution in [3.63, 3.8) is 0 Å². The third-order valence-corrected chi connectivity index (χ3v) is 1.81. The van der Waals surface area contributed by atoms with Crippen LogP contribution in [0.4, 0.5) is 0 Å². The first-order valence-corrected chi connectivity index (χ1v) is 4.97. The average molecular weight is 202 g/mol. The fraction of sp³-hybridized carbons (Fsp3) is 0.900. The molecule has 84 valence electrons. The Morgan fingerprint density at radius 3 is 2.50 bits per heavy atom. The Bertz CT molecular complexity index is 175. The summed E-state index contributed by atoms with van der Waals surface area (Å²) in [7, 11) is 1.77. The predicted octanol–water partition coefficient (Wildman–Crippen LogP) is 0.609. The Kier molecular flexibility index (Phi) is 5.72. The zero-order valence-corrected chi connectivity index (χ0v) is 9.67. The Morgan fingerprint density at radius 2 is 2.07 bits per heavy atom. The number of carbonyl (C=O) groups is 1. The average Bonchev–Trinajstić information content (AvgIpc) is 2.01. The molecule has 0 saturated heterocycles. The molecule has 0 radical (unpaired) electrons. The number of ether oxygens (including phenoxy) is 1. The molecule has 0 fully saturated rings. The largest absolute Gasteiger partial charge is 0.380 e. The molecule has 0 aliphatic rings. The summed E-state index contributed by atoms with van der Waals surface area (Å²) in [6.45, 7) is 7.53. The molecule has 0 aromatic carbocycles. The molecule has 0 saturated carbocycles. The standard InChI is InChI=1S/C10H22N2O2/c1-5-14-7-6-12(4)9(13)8-10(2,3)11/h5-8,11H2,1-4H3. The maximum Gasteiger partial charge on any atom is 0.224 e. The number of amides is 1. The van der Waals surface area contributed by atoms with Crippen LogP contribution in [0.3, 0.4) is 0 Å². The molecule has 0 bridgehead atoms. The lowest BCUT2D eigenvalue weighted by Crippen LogP contribution is -2.40. The molecule has 0 heterocycles. The molecule has 0 aromatic heterocycles. The fourth-order valence-corrected chi connectivity index (χ4v) is 0.995. The van der Waals surface area contributed by atoms with E-state index < -0.39 is 5.54 Å². The van der Waals surface area contributed by atoms with Crippen molar-refractivity contribution in [1.29, 1.82) is 0 Å². The van der Waals surface area contributed by atoms with Gasteiger partial charge in [-0.15, -0.1) is 0 Å². The van der Waals surface area contributed by atoms with Crippen molar-refractivity contribution in [3.8, 4) is 0 Å². The highest BCUT2D eigenvalue weighted by Crippen LogP contribution is 2.05. The van der Waals surface area contributed by atoms with Crippen molar-refractivity contribution < 1.29 is 9.53 Å². The highest BCUT2D eigenvalue weighted by atomic mass is 16.5. The molecule has 0 aliphatic heterocycles. The molecule has 1 amide bonds. The second-order valence-corrected chi connectivity index (χ2v) is 4.18. The molecule has 4 heteroatoms. The molecule has 14 heavy (non-hydrogen) atoms. The summed E-state index contributed by atoms with van der Waals surface area (Å²) in [5.74, 6) is 0.0669. The van der Waals surface area contributed by atoms with Gasteiger partial charge in [0.1, 0.15) is 0 Å². The third-order valence-electron chi connectivity index (χ3n) is 1.81. The molecule has 4 nitrogen and oxygen atoms in total. The van der Waals surface area contributed by atoms with Crippen LogP contribution < -0.4 is 5.73 Å². The van der Waals surface area contributed by atoms with Crippen LogP contribution >= 0.6 is 0 Å². The predicted molar refractivity (Wildman–Crippen MR) is 57.0 cm³/mol. The van der Waals surface area contributed by atoms with Crippen molar-refractivity contribution in [1.82, 2.24) is 4.90 Å². The second kappa shape index (κ2) is 5.98. The van der Waals surface area contributed by atoms with Crippen molar-refractivity contribution in [2.24, 2.45) is 5.73 Å². The van der Waals surface area contributed by atoms with Crippen molar-refractivity contribution in [3.05, 3.63) is 0 Å². The zero-order chi connectivity index (χ0) is 11.2. The van der Waals surface area contributed by atoms with Gasteiger partial charge >= 0.3 is 0 Å². The van der Waals surface area contributed by atoms with E-state index >= 15 is 0 Å². The Morgan fingerprint density at radius 1 is 1.50 bits per heavy atom. The lowest BCUT2D eigenvalue weighted by molar-refractivity contribution is -0.131. The van der Waals surface area contributed by atoms with Gasteiger partial charge in [0, 0.05) is 32.2 Å². The van der Waals surface area contributed by atoms with Crippen LogP contribution in [0.2, 0.25) is 0 Å². The number of likely N-dealkylation sites (N-methyl/N-ethyl adjacent to an activating group) is 1. The summed E-state index contributed by atoms with van der Waals surface area (Å²) in [6, 6.07) is 0. The normalized spacial score (nSPS) is 11.5. The summed E-state index contributed by atoms with van der Waals surface area (Å²) >= 11 is 0. The van der Waals surface area contributed by atoms with Gasteiger partial charge in [0.25, 0.3) is 0 Å². The minimum Gasteiger partial charge on any atom is -0.380 e. The molecule has 0 spiro atoms. The van der Waals surface area contributed by atoms with E-state index in [4.69, 9.17) is 10.5 Å². The van der Waals surface area contributed by atoms with Crippen LogP contribution in [0.5, 0.6) is 0 Å². The smallest absolute Gasteiger partial charge is 0.224 e. The van der Waals surface area contributed by atoms with Crippen LogP contribution in [0.1, 0.15) is 27.2 Å². The quantitative estimate of drug-likeness (QED) is 0.642. The highest BCUT2D eigenvalue weighted by molar-refractivity contribution is 5.77. The molecule has 2 N–H and O–H groups in total. The van der Waals surface area contributed by atoms with Gasteiger partial charge in [-0.25, -0.2) is 0 Å². The fourth-order valence-electron chi connectivity index (χ4n) is 0.995. The first-order valence-electron chi connectivity index (χ1n) is 4.97. The van der Waals surface area contributed by atoms with Gasteiger partial charge in [0.05, 0.1) is 6.61 Å². The minimum atomic E-state index is -0.434. The maximum atomic E-state index is 11.5. The third kappa shape index (κ3) is 6.86. The summed E-state index contributed by atoms with van der Waals surface area (Å²) in [5.41, 5.74) is 5.32. The van der Waals surface area contributed by atoms with Crippen LogP contribution in [0.15, 0.2) is 0 Å². The van der Waals surface area contributed by atoms with Crippen LogP contribution in [0, 0.1) is 0 Å². The van der Waals surface area contributed by atoms with E-state index in [1.807, 2.05) is 20.8 Å². The summed E-state index contributed by atoms with van der Waals surface area (Å²) in [5, 5.41) is 0. The van der Waals surface area contributed by atoms with E-state index in [1.165, 1.54) is 0 Å². The molecular formula is C10H22N2O2. The summed E-state index contributed by atoms with van der Waals surface area (Å²) < 4.78 is 5.16. The van der Waals surface area contributed by atoms with E-state index in [2.05, 4.69) is 0 Å². The van der Waals surface area contributed by atoms with Crippen molar-refractivity contribution in [2.75, 3.05) is 26.8 Å². The molecular weight excluding hydrogens is 180 g/mol. The zero-order valence-electron chi connectivity index (χ0n) is 9.67. The van der Waals surface area contributed by atoms with Gasteiger partial charge in [0.15, 0.2) is 0 Å². The van der Waals surface area contributed by atoms with Crippen molar-refractivity contribution >= 4 is 5.91 Å². The van der Waals surface area contributed by atoms with E-state index in [9.17, 15) is 4.79 Å². The maximum absolute atomic E-state index is 11.5. The topological polar surface area (TPSA) is 55.6 Å². The number of nitrogens with zero attached hydrogens (tertiary/aromatic N) is 1. The second-order valence-electron chi connectivity index (χ2n) is 4.18.